The zero-order valence-corrected chi connectivity index (χ0v) is 15.8. The van der Waals surface area contributed by atoms with Gasteiger partial charge >= 0.3 is 5.97 Å². The van der Waals surface area contributed by atoms with Crippen LogP contribution in [0.3, 0.4) is 0 Å². The minimum Gasteiger partial charge on any atom is -0.476 e. The summed E-state index contributed by atoms with van der Waals surface area (Å²) in [5.74, 6) is -2.32. The van der Waals surface area contributed by atoms with Gasteiger partial charge in [-0.25, -0.2) is 18.6 Å². The maximum Gasteiger partial charge on any atom is 0.355 e. The highest BCUT2D eigenvalue weighted by atomic mass is 32.2. The number of thioether (sulfide) groups is 1. The molecule has 3 rings (SSSR count). The highest BCUT2D eigenvalue weighted by Gasteiger charge is 2.30. The van der Waals surface area contributed by atoms with Gasteiger partial charge in [-0.1, -0.05) is 17.8 Å². The summed E-state index contributed by atoms with van der Waals surface area (Å²) in [7, 11) is 0. The van der Waals surface area contributed by atoms with Crippen LogP contribution in [0.15, 0.2) is 27.9 Å². The summed E-state index contributed by atoms with van der Waals surface area (Å²) >= 11 is 2.64. The van der Waals surface area contributed by atoms with Crippen LogP contribution in [-0.4, -0.2) is 51.8 Å². The van der Waals surface area contributed by atoms with E-state index in [1.165, 1.54) is 40.6 Å². The number of aromatic carboxylic acids is 1. The van der Waals surface area contributed by atoms with Crippen molar-refractivity contribution in [3.8, 4) is 0 Å². The molecule has 1 aliphatic rings. The molecule has 1 aromatic carbocycles. The lowest BCUT2D eigenvalue weighted by Gasteiger charge is -2.25. The third-order valence-corrected chi connectivity index (χ3v) is 6.19. The van der Waals surface area contributed by atoms with Crippen LogP contribution < -0.4 is 5.32 Å². The van der Waals surface area contributed by atoms with Crippen molar-refractivity contribution in [2.75, 3.05) is 24.2 Å². The number of nitrogens with one attached hydrogen (secondary N) is 1. The van der Waals surface area contributed by atoms with Crippen LogP contribution in [0.4, 0.5) is 14.5 Å². The van der Waals surface area contributed by atoms with Crippen LogP contribution in [0.1, 0.15) is 23.3 Å². The Morgan fingerprint density at radius 1 is 1.44 bits per heavy atom. The number of nitrogens with zero attached hydrogens (tertiary/aromatic N) is 2. The number of rotatable bonds is 8. The monoisotopic (exact) mass is 413 g/mol. The van der Waals surface area contributed by atoms with E-state index in [1.807, 2.05) is 0 Å². The SMILES string of the molecule is O=C(O)c1csc(SCCN2C(=O)CC[C@@H]2CNc2cccc(F)c2F)n1. The third kappa shape index (κ3) is 4.75. The molecule has 0 unspecified atom stereocenters. The van der Waals surface area contributed by atoms with Crippen molar-refractivity contribution in [1.29, 1.82) is 0 Å². The predicted octanol–water partition coefficient (Wildman–Crippen LogP) is 3.31. The molecular weight excluding hydrogens is 396 g/mol. The summed E-state index contributed by atoms with van der Waals surface area (Å²) in [6, 6.07) is 3.83. The number of benzene rings is 1. The number of carboxylic acids is 1. The van der Waals surface area contributed by atoms with Crippen molar-refractivity contribution < 1.29 is 23.5 Å². The number of halogens is 2. The largest absolute Gasteiger partial charge is 0.476 e. The lowest BCUT2D eigenvalue weighted by Crippen LogP contribution is -2.39. The summed E-state index contributed by atoms with van der Waals surface area (Å²) in [6.07, 6.45) is 1.07. The smallest absolute Gasteiger partial charge is 0.355 e. The first kappa shape index (κ1) is 19.6. The van der Waals surface area contributed by atoms with E-state index in [-0.39, 0.29) is 23.3 Å². The molecule has 1 aromatic heterocycles. The lowest BCUT2D eigenvalue weighted by molar-refractivity contribution is -0.128. The highest BCUT2D eigenvalue weighted by Crippen LogP contribution is 2.25. The van der Waals surface area contributed by atoms with Crippen LogP contribution in [0.25, 0.3) is 0 Å². The van der Waals surface area contributed by atoms with E-state index in [2.05, 4.69) is 10.3 Å². The topological polar surface area (TPSA) is 82.5 Å². The molecule has 1 aliphatic heterocycles. The molecule has 0 saturated carbocycles. The van der Waals surface area contributed by atoms with Gasteiger partial charge in [0.25, 0.3) is 0 Å². The second kappa shape index (κ2) is 8.66. The minimum absolute atomic E-state index is 0.0129. The van der Waals surface area contributed by atoms with Gasteiger partial charge in [0.2, 0.25) is 5.91 Å². The minimum atomic E-state index is -1.07. The van der Waals surface area contributed by atoms with E-state index in [0.29, 0.717) is 36.0 Å². The summed E-state index contributed by atoms with van der Waals surface area (Å²) in [6.45, 7) is 0.806. The Hall–Kier alpha value is -2.20. The number of carbonyl (C=O) groups excluding carboxylic acids is 1. The zero-order valence-electron chi connectivity index (χ0n) is 14.2. The van der Waals surface area contributed by atoms with Crippen LogP contribution in [0, 0.1) is 11.6 Å². The Morgan fingerprint density at radius 3 is 3.00 bits per heavy atom. The quantitative estimate of drug-likeness (QED) is 0.646. The first-order valence-corrected chi connectivity index (χ1v) is 10.1. The Kier molecular flexibility index (Phi) is 6.27. The Labute approximate surface area is 162 Å². The summed E-state index contributed by atoms with van der Waals surface area (Å²) in [4.78, 5) is 28.7. The van der Waals surface area contributed by atoms with Gasteiger partial charge in [0.1, 0.15) is 0 Å². The first-order valence-electron chi connectivity index (χ1n) is 8.24. The average molecular weight is 413 g/mol. The number of thiazole rings is 1. The van der Waals surface area contributed by atoms with Crippen molar-refractivity contribution in [2.24, 2.45) is 0 Å². The van der Waals surface area contributed by atoms with E-state index in [9.17, 15) is 18.4 Å². The molecular formula is C17H17F2N3O3S2. The number of anilines is 1. The molecule has 144 valence electrons. The summed E-state index contributed by atoms with van der Waals surface area (Å²) in [5, 5.41) is 13.2. The highest BCUT2D eigenvalue weighted by molar-refractivity contribution is 8.01. The molecule has 1 fully saturated rings. The number of likely N-dealkylation sites (tertiary alicyclic amines) is 1. The molecule has 2 heterocycles. The Morgan fingerprint density at radius 2 is 2.26 bits per heavy atom. The lowest BCUT2D eigenvalue weighted by atomic mass is 10.2. The van der Waals surface area contributed by atoms with Gasteiger partial charge in [-0.15, -0.1) is 11.3 Å². The van der Waals surface area contributed by atoms with Gasteiger partial charge in [-0.3, -0.25) is 4.79 Å². The third-order valence-electron chi connectivity index (χ3n) is 4.19. The number of amides is 1. The van der Waals surface area contributed by atoms with Crippen LogP contribution in [0.5, 0.6) is 0 Å². The van der Waals surface area contributed by atoms with Crippen LogP contribution in [-0.2, 0) is 4.79 Å². The van der Waals surface area contributed by atoms with Crippen molar-refractivity contribution in [2.45, 2.75) is 23.2 Å². The van der Waals surface area contributed by atoms with E-state index < -0.39 is 17.6 Å². The molecule has 10 heteroatoms. The maximum absolute atomic E-state index is 13.7. The van der Waals surface area contributed by atoms with Gasteiger partial charge in [-0.2, -0.15) is 0 Å². The fourth-order valence-corrected chi connectivity index (χ4v) is 4.64. The van der Waals surface area contributed by atoms with Crippen molar-refractivity contribution in [3.05, 3.63) is 40.9 Å². The molecule has 2 aromatic rings. The van der Waals surface area contributed by atoms with Gasteiger partial charge in [-0.05, 0) is 18.6 Å². The van der Waals surface area contributed by atoms with Gasteiger partial charge in [0.05, 0.1) is 5.69 Å². The Balaban J connectivity index is 1.52. The fraction of sp³-hybridized carbons (Fsp3) is 0.353. The van der Waals surface area contributed by atoms with Crippen molar-refractivity contribution in [1.82, 2.24) is 9.88 Å². The molecule has 6 nitrogen and oxygen atoms in total. The van der Waals surface area contributed by atoms with E-state index in [0.717, 1.165) is 6.07 Å². The van der Waals surface area contributed by atoms with Gasteiger partial charge < -0.3 is 15.3 Å². The first-order chi connectivity index (χ1) is 13.0. The van der Waals surface area contributed by atoms with E-state index in [4.69, 9.17) is 5.11 Å². The molecule has 0 spiro atoms. The van der Waals surface area contributed by atoms with E-state index >= 15 is 0 Å². The average Bonchev–Trinajstić information content (AvgIpc) is 3.24. The molecule has 1 atom stereocenters. The van der Waals surface area contributed by atoms with Crippen LogP contribution >= 0.6 is 23.1 Å². The number of aromatic nitrogens is 1. The molecule has 0 radical (unpaired) electrons. The second-order valence-electron chi connectivity index (χ2n) is 5.91. The standard InChI is InChI=1S/C17H17F2N3O3S2/c18-11-2-1-3-12(15(11)19)20-8-10-4-5-14(23)22(10)6-7-26-17-21-13(9-27-17)16(24)25/h1-3,9-10,20H,4-8H2,(H,24,25)/t10-/m1/s1. The predicted molar refractivity (Wildman–Crippen MR) is 99.4 cm³/mol. The van der Waals surface area contributed by atoms with Gasteiger partial charge in [0.15, 0.2) is 21.7 Å². The number of carboxylic acid groups (broad SMARTS) is 1. The second-order valence-corrected chi connectivity index (χ2v) is 8.11. The Bertz CT molecular complexity index is 847. The molecule has 27 heavy (non-hydrogen) atoms. The summed E-state index contributed by atoms with van der Waals surface area (Å²) in [5.41, 5.74) is 0.0894. The molecule has 0 bridgehead atoms. The maximum atomic E-state index is 13.7. The fourth-order valence-electron chi connectivity index (χ4n) is 2.83. The molecule has 1 saturated heterocycles. The van der Waals surface area contributed by atoms with E-state index in [1.54, 1.807) is 4.90 Å². The van der Waals surface area contributed by atoms with Gasteiger partial charge in [0, 0.05) is 36.7 Å². The normalized spacial score (nSPS) is 16.7. The molecule has 0 aliphatic carbocycles. The van der Waals surface area contributed by atoms with Crippen molar-refractivity contribution in [3.63, 3.8) is 0 Å². The van der Waals surface area contributed by atoms with Crippen LogP contribution in [0.2, 0.25) is 0 Å². The number of hydrogen-bond donors (Lipinski definition) is 2. The van der Waals surface area contributed by atoms with Crippen molar-refractivity contribution >= 4 is 40.7 Å². The summed E-state index contributed by atoms with van der Waals surface area (Å²) < 4.78 is 27.6. The zero-order chi connectivity index (χ0) is 19.4. The molecule has 1 amide bonds. The molecule has 2 N–H and O–H groups in total. The number of carbonyl (C=O) groups is 2. The number of hydrogen-bond acceptors (Lipinski definition) is 6.